The van der Waals surface area contributed by atoms with Crippen molar-refractivity contribution >= 4 is 28.8 Å². The molecule has 4 aromatic rings. The van der Waals surface area contributed by atoms with Crippen LogP contribution in [0.5, 0.6) is 0 Å². The summed E-state index contributed by atoms with van der Waals surface area (Å²) >= 11 is 0. The Morgan fingerprint density at radius 3 is 1.96 bits per heavy atom. The summed E-state index contributed by atoms with van der Waals surface area (Å²) < 4.78 is 52.6. The number of nitrogens with zero attached hydrogens (tertiary/aromatic N) is 2. The third kappa shape index (κ3) is 7.61. The number of benzene rings is 3. The summed E-state index contributed by atoms with van der Waals surface area (Å²) in [7, 11) is -7.50. The summed E-state index contributed by atoms with van der Waals surface area (Å²) in [5.41, 5.74) is 1.56. The van der Waals surface area contributed by atoms with Crippen molar-refractivity contribution in [2.24, 2.45) is 0 Å². The molecule has 1 aromatic heterocycles. The Kier molecular flexibility index (Phi) is 11.0. The summed E-state index contributed by atoms with van der Waals surface area (Å²) in [4.78, 5) is 26.7. The molecule has 0 bridgehead atoms. The molecule has 1 aliphatic heterocycles. The number of aromatic nitrogens is 2. The highest BCUT2D eigenvalue weighted by Crippen LogP contribution is 2.42. The van der Waals surface area contributed by atoms with E-state index in [4.69, 9.17) is 18.1 Å². The van der Waals surface area contributed by atoms with E-state index in [2.05, 4.69) is 26.3 Å². The first-order valence-electron chi connectivity index (χ1n) is 15.5. The van der Waals surface area contributed by atoms with E-state index in [0.29, 0.717) is 0 Å². The Morgan fingerprint density at radius 2 is 1.44 bits per heavy atom. The summed E-state index contributed by atoms with van der Waals surface area (Å²) in [6.07, 6.45) is -2.73. The van der Waals surface area contributed by atoms with E-state index in [1.807, 2.05) is 91.0 Å². The predicted octanol–water partition coefficient (Wildman–Crippen LogP) is 2.35. The van der Waals surface area contributed by atoms with Gasteiger partial charge in [-0.1, -0.05) is 112 Å². The molecule has 0 unspecified atom stereocenters. The molecule has 14 heteroatoms. The molecule has 0 spiro atoms. The molecule has 12 nitrogen and oxygen atoms in total. The average molecular weight is 696 g/mol. The molecule has 1 fully saturated rings. The topological polar surface area (TPSA) is 147 Å². The second-order valence-corrected chi connectivity index (χ2v) is 18.5. The van der Waals surface area contributed by atoms with Gasteiger partial charge in [-0.3, -0.25) is 13.5 Å². The van der Waals surface area contributed by atoms with Gasteiger partial charge in [0, 0.05) is 18.8 Å². The third-order valence-electron chi connectivity index (χ3n) is 8.30. The van der Waals surface area contributed by atoms with E-state index in [9.17, 15) is 23.2 Å². The Bertz CT molecular complexity index is 1840. The third-order valence-corrected chi connectivity index (χ3v) is 13.9. The van der Waals surface area contributed by atoms with Gasteiger partial charge in [0.1, 0.15) is 25.0 Å². The van der Waals surface area contributed by atoms with Crippen molar-refractivity contribution < 1.29 is 31.7 Å². The first-order chi connectivity index (χ1) is 22.9. The van der Waals surface area contributed by atoms with Gasteiger partial charge in [0.05, 0.1) is 12.9 Å². The molecule has 48 heavy (non-hydrogen) atoms. The van der Waals surface area contributed by atoms with Crippen molar-refractivity contribution in [1.29, 1.82) is 0 Å². The number of ether oxygens (including phenoxy) is 2. The minimum absolute atomic E-state index is 0.153. The highest BCUT2D eigenvalue weighted by atomic mass is 32.2. The summed E-state index contributed by atoms with van der Waals surface area (Å²) in [6.45, 7) is 5.80. The minimum atomic E-state index is -4.15. The van der Waals surface area contributed by atoms with Gasteiger partial charge in [-0.2, -0.15) is 8.42 Å². The number of hydrogen-bond donors (Lipinski definition) is 2. The normalized spacial score (nSPS) is 20.2. The second-order valence-electron chi connectivity index (χ2n) is 12.7. The van der Waals surface area contributed by atoms with Crippen LogP contribution in [-0.4, -0.2) is 62.2 Å². The van der Waals surface area contributed by atoms with Crippen LogP contribution in [0.3, 0.4) is 0 Å². The van der Waals surface area contributed by atoms with Crippen molar-refractivity contribution in [2.75, 3.05) is 12.8 Å². The molecule has 0 radical (unpaired) electrons. The summed E-state index contributed by atoms with van der Waals surface area (Å²) in [5, 5.41) is 11.2. The van der Waals surface area contributed by atoms with Crippen LogP contribution < -0.4 is 27.1 Å². The van der Waals surface area contributed by atoms with Crippen molar-refractivity contribution in [3.63, 3.8) is 0 Å². The molecule has 5 rings (SSSR count). The van der Waals surface area contributed by atoms with E-state index in [-0.39, 0.29) is 19.9 Å². The lowest BCUT2D eigenvalue weighted by molar-refractivity contribution is -0.0442. The van der Waals surface area contributed by atoms with Gasteiger partial charge in [0.15, 0.2) is 6.23 Å². The molecule has 1 aliphatic rings. The maximum Gasteiger partial charge on any atom is 0.335 e. The Balaban J connectivity index is 1.61. The van der Waals surface area contributed by atoms with Crippen molar-refractivity contribution in [2.45, 2.75) is 63.7 Å². The molecule has 256 valence electrons. The molecular weight excluding hydrogens is 655 g/mol. The van der Waals surface area contributed by atoms with Crippen molar-refractivity contribution in [1.82, 2.24) is 14.6 Å². The Hall–Kier alpha value is -3.73. The lowest BCUT2D eigenvalue weighted by Gasteiger charge is -2.45. The average Bonchev–Trinajstić information content (AvgIpc) is 3.36. The van der Waals surface area contributed by atoms with E-state index < -0.39 is 59.3 Å². The van der Waals surface area contributed by atoms with Gasteiger partial charge in [-0.15, -0.1) is 0 Å². The highest BCUT2D eigenvalue weighted by molar-refractivity contribution is 7.86. The lowest BCUT2D eigenvalue weighted by atomic mass is 10.1. The largest absolute Gasteiger partial charge is 0.399 e. The van der Waals surface area contributed by atoms with Crippen molar-refractivity contribution in [3.05, 3.63) is 130 Å². The lowest BCUT2D eigenvalue weighted by Crippen LogP contribution is -2.69. The van der Waals surface area contributed by atoms with E-state index in [0.717, 1.165) is 31.3 Å². The molecule has 0 aliphatic carbocycles. The van der Waals surface area contributed by atoms with Crippen molar-refractivity contribution in [3.8, 4) is 0 Å². The number of rotatable bonds is 13. The molecule has 2 heterocycles. The zero-order valence-electron chi connectivity index (χ0n) is 27.3. The van der Waals surface area contributed by atoms with E-state index >= 15 is 0 Å². The quantitative estimate of drug-likeness (QED) is 0.121. The van der Waals surface area contributed by atoms with Crippen LogP contribution >= 0.6 is 0 Å². The van der Waals surface area contributed by atoms with Gasteiger partial charge in [-0.25, -0.2) is 14.8 Å². The van der Waals surface area contributed by atoms with Gasteiger partial charge >= 0.3 is 5.69 Å². The highest BCUT2D eigenvalue weighted by Gasteiger charge is 2.57. The van der Waals surface area contributed by atoms with Gasteiger partial charge in [0.25, 0.3) is 24.0 Å². The van der Waals surface area contributed by atoms with Gasteiger partial charge in [-0.05, 0) is 21.0 Å². The first kappa shape index (κ1) is 35.6. The molecule has 3 aromatic carbocycles. The zero-order chi connectivity index (χ0) is 34.5. The van der Waals surface area contributed by atoms with Gasteiger partial charge in [0.2, 0.25) is 0 Å². The summed E-state index contributed by atoms with van der Waals surface area (Å²) in [6, 6.07) is 29.9. The monoisotopic (exact) mass is 695 g/mol. The maximum absolute atomic E-state index is 13.9. The fraction of sp³-hybridized carbons (Fsp3) is 0.353. The fourth-order valence-corrected chi connectivity index (χ4v) is 11.5. The molecule has 0 saturated carbocycles. The molecule has 4 atom stereocenters. The van der Waals surface area contributed by atoms with Crippen LogP contribution in [0.2, 0.25) is 5.04 Å². The smallest absolute Gasteiger partial charge is 0.335 e. The van der Waals surface area contributed by atoms with Crippen LogP contribution in [-0.2, 0) is 41.5 Å². The maximum atomic E-state index is 13.9. The number of hydrogen-bond acceptors (Lipinski definition) is 10. The SMILES string of the molecule is CC(C)(C)[Si](O[C@H]1[C@@H](OS(C)(=O)=O)[C@H](n2ccc(=O)n(COCc3ccccc3)c2=O)O[C@@H]1CNO)(c1ccccc1)c1ccccc1. The van der Waals surface area contributed by atoms with Crippen LogP contribution in [0.25, 0.3) is 0 Å². The summed E-state index contributed by atoms with van der Waals surface area (Å²) in [5.74, 6) is 0. The van der Waals surface area contributed by atoms with Crippen LogP contribution in [0, 0.1) is 0 Å². The van der Waals surface area contributed by atoms with E-state index in [1.165, 1.54) is 12.3 Å². The number of hydroxylamine groups is 1. The first-order valence-corrected chi connectivity index (χ1v) is 19.2. The Labute approximate surface area is 280 Å². The van der Waals surface area contributed by atoms with Crippen LogP contribution in [0.4, 0.5) is 0 Å². The molecular formula is C34H41N3O9SSi. The minimum Gasteiger partial charge on any atom is -0.399 e. The number of nitrogens with one attached hydrogen (secondary N) is 1. The molecule has 0 amide bonds. The zero-order valence-corrected chi connectivity index (χ0v) is 29.1. The van der Waals surface area contributed by atoms with Crippen LogP contribution in [0.1, 0.15) is 32.6 Å². The van der Waals surface area contributed by atoms with E-state index in [1.54, 1.807) is 0 Å². The molecule has 1 saturated heterocycles. The molecule has 2 N–H and O–H groups in total. The second kappa shape index (κ2) is 14.8. The van der Waals surface area contributed by atoms with Crippen LogP contribution in [0.15, 0.2) is 113 Å². The Morgan fingerprint density at radius 1 is 0.875 bits per heavy atom. The fourth-order valence-electron chi connectivity index (χ4n) is 6.20. The standard InChI is InChI=1S/C34H41N3O9SSi/c1-34(2,3)48(26-16-10-6-11-17-26,27-18-12-7-13-19-27)46-30-28(22-35-40)44-32(31(30)45-47(4,41)42)36-21-20-29(38)37(33(36)39)24-43-23-25-14-8-5-9-15-25/h5-21,28,30-32,35,40H,22-24H2,1-4H3/t28-,30-,31-,32-/m1/s1. The predicted molar refractivity (Wildman–Crippen MR) is 182 cm³/mol. The van der Waals surface area contributed by atoms with Gasteiger partial charge < -0.3 is 19.1 Å².